The minimum Gasteiger partial charge on any atom is -0.497 e. The molecule has 0 bridgehead atoms. The maximum atomic E-state index is 13.0. The summed E-state index contributed by atoms with van der Waals surface area (Å²) in [6, 6.07) is 21.3. The van der Waals surface area contributed by atoms with Gasteiger partial charge in [0, 0.05) is 17.8 Å². The number of thioether (sulfide) groups is 1. The van der Waals surface area contributed by atoms with Crippen LogP contribution in [0.2, 0.25) is 0 Å². The summed E-state index contributed by atoms with van der Waals surface area (Å²) >= 11 is 1.16. The number of nitriles is 1. The number of aromatic amines is 1. The molecule has 0 saturated carbocycles. The van der Waals surface area contributed by atoms with Gasteiger partial charge in [0.25, 0.3) is 0 Å². The van der Waals surface area contributed by atoms with Crippen molar-refractivity contribution in [1.29, 1.82) is 5.26 Å². The van der Waals surface area contributed by atoms with Crippen LogP contribution in [0.1, 0.15) is 45.2 Å². The van der Waals surface area contributed by atoms with Crippen molar-refractivity contribution in [3.05, 3.63) is 99.2 Å². The topological polar surface area (TPSA) is 113 Å². The quantitative estimate of drug-likeness (QED) is 0.234. The highest BCUT2D eigenvalue weighted by molar-refractivity contribution is 8.00. The molecule has 1 aliphatic rings. The summed E-state index contributed by atoms with van der Waals surface area (Å²) in [5, 5.41) is 12.7. The molecule has 1 unspecified atom stereocenters. The average molecular weight is 500 g/mol. The zero-order valence-corrected chi connectivity index (χ0v) is 20.4. The Labute approximate surface area is 211 Å². The van der Waals surface area contributed by atoms with Gasteiger partial charge < -0.3 is 4.74 Å². The molecular formula is C27H23N4O4S+. The number of nitrogens with one attached hydrogen (secondary N) is 1. The van der Waals surface area contributed by atoms with Crippen molar-refractivity contribution < 1.29 is 18.7 Å². The van der Waals surface area contributed by atoms with E-state index in [-0.39, 0.29) is 11.4 Å². The number of aryl methyl sites for hydroxylation is 1. The first kappa shape index (κ1) is 23.6. The second kappa shape index (κ2) is 10.2. The number of rotatable bonds is 7. The van der Waals surface area contributed by atoms with Gasteiger partial charge in [-0.1, -0.05) is 42.1 Å². The third kappa shape index (κ3) is 4.68. The average Bonchev–Trinajstić information content (AvgIpc) is 3.32. The van der Waals surface area contributed by atoms with Crippen LogP contribution in [0.4, 0.5) is 0 Å². The van der Waals surface area contributed by atoms with Gasteiger partial charge in [-0.05, 0) is 64.5 Å². The van der Waals surface area contributed by atoms with Gasteiger partial charge in [0.05, 0.1) is 18.4 Å². The number of Topliss-reactive ketones (excluding diaryl/α,β-unsaturated/α-hetero) is 1. The normalized spacial score (nSPS) is 14.6. The van der Waals surface area contributed by atoms with Crippen LogP contribution >= 0.6 is 11.8 Å². The lowest BCUT2D eigenvalue weighted by atomic mass is 9.82. The van der Waals surface area contributed by atoms with Crippen molar-refractivity contribution in [3.63, 3.8) is 0 Å². The summed E-state index contributed by atoms with van der Waals surface area (Å²) in [5.74, 6) is 0.546. The molecule has 2 heterocycles. The van der Waals surface area contributed by atoms with E-state index in [1.54, 1.807) is 31.4 Å². The van der Waals surface area contributed by atoms with Gasteiger partial charge in [-0.2, -0.15) is 5.26 Å². The fraction of sp³-hybridized carbons (Fsp3) is 0.222. The second-order valence-corrected chi connectivity index (χ2v) is 9.45. The van der Waals surface area contributed by atoms with E-state index in [0.717, 1.165) is 42.3 Å². The second-order valence-electron chi connectivity index (χ2n) is 8.48. The number of benzene rings is 2. The number of H-pyrrole nitrogens is 1. The van der Waals surface area contributed by atoms with Crippen molar-refractivity contribution in [2.24, 2.45) is 0 Å². The Morgan fingerprint density at radius 1 is 1.25 bits per heavy atom. The third-order valence-electron chi connectivity index (χ3n) is 6.32. The van der Waals surface area contributed by atoms with Crippen LogP contribution in [0.25, 0.3) is 5.69 Å². The van der Waals surface area contributed by atoms with Crippen molar-refractivity contribution in [2.45, 2.75) is 30.2 Å². The fourth-order valence-corrected chi connectivity index (χ4v) is 5.31. The summed E-state index contributed by atoms with van der Waals surface area (Å²) in [6.07, 6.45) is 2.61. The van der Waals surface area contributed by atoms with Gasteiger partial charge >= 0.3 is 11.3 Å². The van der Waals surface area contributed by atoms with Crippen molar-refractivity contribution in [1.82, 2.24) is 10.3 Å². The van der Waals surface area contributed by atoms with E-state index in [0.29, 0.717) is 27.9 Å². The number of ether oxygens (including phenoxy) is 1. The molecular weight excluding hydrogens is 476 g/mol. The molecule has 0 radical (unpaired) electrons. The van der Waals surface area contributed by atoms with Crippen LogP contribution < -0.4 is 15.0 Å². The highest BCUT2D eigenvalue weighted by Crippen LogP contribution is 2.34. The maximum Gasteiger partial charge on any atom is 0.438 e. The third-order valence-corrected chi connectivity index (χ3v) is 7.32. The number of pyridine rings is 1. The molecule has 2 aromatic carbocycles. The number of methoxy groups -OCH3 is 1. The van der Waals surface area contributed by atoms with Crippen LogP contribution in [0.15, 0.2) is 75.0 Å². The van der Waals surface area contributed by atoms with Crippen LogP contribution in [0, 0.1) is 11.3 Å². The molecule has 180 valence electrons. The molecule has 0 aliphatic heterocycles. The lowest BCUT2D eigenvalue weighted by Gasteiger charge is -2.25. The lowest BCUT2D eigenvalue weighted by Crippen LogP contribution is -2.41. The Morgan fingerprint density at radius 2 is 2.03 bits per heavy atom. The van der Waals surface area contributed by atoms with E-state index in [9.17, 15) is 14.9 Å². The van der Waals surface area contributed by atoms with Crippen LogP contribution in [0.5, 0.6) is 5.75 Å². The Hall–Kier alpha value is -4.16. The first-order valence-corrected chi connectivity index (χ1v) is 12.5. The highest BCUT2D eigenvalue weighted by Gasteiger charge is 2.31. The summed E-state index contributed by atoms with van der Waals surface area (Å²) in [6.45, 7) is 0. The minimum atomic E-state index is -0.762. The van der Waals surface area contributed by atoms with E-state index in [4.69, 9.17) is 14.2 Å². The van der Waals surface area contributed by atoms with Gasteiger partial charge in [0.15, 0.2) is 0 Å². The van der Waals surface area contributed by atoms with Gasteiger partial charge in [-0.3, -0.25) is 9.32 Å². The predicted molar refractivity (Wildman–Crippen MR) is 133 cm³/mol. The molecule has 8 nitrogen and oxygen atoms in total. The molecule has 1 aliphatic carbocycles. The number of aromatic nitrogens is 3. The Balaban J connectivity index is 1.35. The molecule has 1 atom stereocenters. The summed E-state index contributed by atoms with van der Waals surface area (Å²) in [7, 11) is 1.56. The number of carbonyl (C=O) groups excluding carboxylic acids is 1. The minimum absolute atomic E-state index is 0.0636. The smallest absolute Gasteiger partial charge is 0.438 e. The van der Waals surface area contributed by atoms with Crippen molar-refractivity contribution >= 4 is 17.5 Å². The molecule has 36 heavy (non-hydrogen) atoms. The molecule has 1 N–H and O–H groups in total. The number of ketones is 1. The van der Waals surface area contributed by atoms with E-state index in [2.05, 4.69) is 23.5 Å². The number of carbonyl (C=O) groups is 1. The van der Waals surface area contributed by atoms with Crippen molar-refractivity contribution in [3.8, 4) is 17.5 Å². The van der Waals surface area contributed by atoms with E-state index in [1.807, 2.05) is 24.3 Å². The number of nitrogens with zero attached hydrogens (tertiary/aromatic N) is 3. The fourth-order valence-electron chi connectivity index (χ4n) is 4.47. The Bertz CT molecular complexity index is 1500. The molecule has 2 aromatic heterocycles. The highest BCUT2D eigenvalue weighted by atomic mass is 32.2. The van der Waals surface area contributed by atoms with E-state index < -0.39 is 11.4 Å². The van der Waals surface area contributed by atoms with Crippen molar-refractivity contribution in [2.75, 3.05) is 12.9 Å². The number of hydrogen-bond acceptors (Lipinski definition) is 7. The van der Waals surface area contributed by atoms with Gasteiger partial charge in [-0.15, -0.1) is 0 Å². The van der Waals surface area contributed by atoms with Crippen LogP contribution in [-0.2, 0) is 12.8 Å². The summed E-state index contributed by atoms with van der Waals surface area (Å²) in [5.41, 5.74) is 3.42. The first-order valence-electron chi connectivity index (χ1n) is 11.5. The molecule has 4 aromatic rings. The summed E-state index contributed by atoms with van der Waals surface area (Å²) < 4.78 is 11.4. The predicted octanol–water partition coefficient (Wildman–Crippen LogP) is 3.77. The molecule has 0 fully saturated rings. The maximum absolute atomic E-state index is 13.0. The zero-order chi connectivity index (χ0) is 25.1. The largest absolute Gasteiger partial charge is 0.497 e. The SMILES string of the molecule is COc1ccc(-[n+]2[nH]oc(=O)c2C(=O)CSc2nc3c(cc2C#N)CC(c2ccccc2)CC3)cc1. The molecule has 0 amide bonds. The molecule has 0 saturated heterocycles. The van der Waals surface area contributed by atoms with Gasteiger partial charge in [0.2, 0.25) is 11.5 Å². The Morgan fingerprint density at radius 3 is 2.75 bits per heavy atom. The monoisotopic (exact) mass is 499 g/mol. The number of hydrogen-bond donors (Lipinski definition) is 1. The summed E-state index contributed by atoms with van der Waals surface area (Å²) in [4.78, 5) is 30.1. The van der Waals surface area contributed by atoms with E-state index >= 15 is 0 Å². The first-order chi connectivity index (χ1) is 17.6. The van der Waals surface area contributed by atoms with E-state index in [1.165, 1.54) is 10.2 Å². The molecule has 9 heteroatoms. The standard InChI is InChI=1S/C27H22N4O4S/c1-34-22-10-8-21(9-11-22)31-25(27(33)35-30-31)24(32)16-36-26-20(15-28)14-19-13-18(7-12-23(19)29-26)17-5-3-2-4-6-17/h2-6,8-11,14,18H,7,12-13,16H2,1H3/p+1. The lowest BCUT2D eigenvalue weighted by molar-refractivity contribution is -0.672. The van der Waals surface area contributed by atoms with Gasteiger partial charge in [0.1, 0.15) is 16.8 Å². The number of fused-ring (bicyclic) bond motifs is 1. The van der Waals surface area contributed by atoms with Crippen LogP contribution in [-0.4, -0.2) is 28.9 Å². The Kier molecular flexibility index (Phi) is 6.69. The molecule has 0 spiro atoms. The van der Waals surface area contributed by atoms with Gasteiger partial charge in [-0.25, -0.2) is 9.78 Å². The zero-order valence-electron chi connectivity index (χ0n) is 19.6. The molecule has 5 rings (SSSR count). The van der Waals surface area contributed by atoms with Crippen LogP contribution in [0.3, 0.4) is 0 Å².